The molecule has 5 rings (SSSR count). The average Bonchev–Trinajstić information content (AvgIpc) is 2.92. The Morgan fingerprint density at radius 2 is 1.08 bits per heavy atom. The number of amides is 1. The molecular weight excluding hydrogens is 460 g/mol. The third-order valence-electron chi connectivity index (χ3n) is 5.79. The second-order valence-electron chi connectivity index (χ2n) is 8.67. The van der Waals surface area contributed by atoms with E-state index in [1.165, 1.54) is 0 Å². The summed E-state index contributed by atoms with van der Waals surface area (Å²) in [6.07, 6.45) is 0. The van der Waals surface area contributed by atoms with E-state index in [9.17, 15) is 4.79 Å². The first-order chi connectivity index (χ1) is 18.0. The van der Waals surface area contributed by atoms with Crippen LogP contribution in [0.3, 0.4) is 0 Å². The summed E-state index contributed by atoms with van der Waals surface area (Å²) < 4.78 is 11.8. The highest BCUT2D eigenvalue weighted by Crippen LogP contribution is 2.29. The Balaban J connectivity index is 1.18. The standard InChI is InChI=1S/C32H26N2O3/c1-22-3-2-4-25(21-22)32(35)34-27-11-19-31(20-12-27)37-29-15-7-24(8-16-29)23-5-13-28(14-6-23)36-30-17-9-26(33)10-18-30/h2-21H,33H2,1H3,(H,34,35). The summed E-state index contributed by atoms with van der Waals surface area (Å²) in [4.78, 5) is 12.4. The van der Waals surface area contributed by atoms with Gasteiger partial charge >= 0.3 is 0 Å². The molecule has 0 atom stereocenters. The minimum atomic E-state index is -0.141. The lowest BCUT2D eigenvalue weighted by atomic mass is 10.1. The van der Waals surface area contributed by atoms with Gasteiger partial charge < -0.3 is 20.5 Å². The van der Waals surface area contributed by atoms with Crippen LogP contribution in [0.15, 0.2) is 121 Å². The van der Waals surface area contributed by atoms with Crippen LogP contribution in [0.1, 0.15) is 15.9 Å². The first kappa shape index (κ1) is 23.7. The van der Waals surface area contributed by atoms with E-state index < -0.39 is 0 Å². The van der Waals surface area contributed by atoms with Gasteiger partial charge in [0.15, 0.2) is 0 Å². The lowest BCUT2D eigenvalue weighted by molar-refractivity contribution is 0.102. The van der Waals surface area contributed by atoms with Crippen molar-refractivity contribution in [3.05, 3.63) is 132 Å². The Bertz CT molecular complexity index is 1490. The quantitative estimate of drug-likeness (QED) is 0.228. The van der Waals surface area contributed by atoms with E-state index in [1.54, 1.807) is 6.07 Å². The Morgan fingerprint density at radius 3 is 1.57 bits per heavy atom. The van der Waals surface area contributed by atoms with Crippen molar-refractivity contribution in [1.82, 2.24) is 0 Å². The predicted octanol–water partition coefficient (Wildman–Crippen LogP) is 8.08. The second kappa shape index (κ2) is 10.7. The molecule has 0 spiro atoms. The van der Waals surface area contributed by atoms with Gasteiger partial charge in [-0.1, -0.05) is 42.0 Å². The number of rotatable bonds is 7. The van der Waals surface area contributed by atoms with Crippen LogP contribution >= 0.6 is 0 Å². The van der Waals surface area contributed by atoms with Crippen molar-refractivity contribution >= 4 is 17.3 Å². The molecule has 0 aliphatic carbocycles. The smallest absolute Gasteiger partial charge is 0.255 e. The monoisotopic (exact) mass is 486 g/mol. The third-order valence-corrected chi connectivity index (χ3v) is 5.79. The molecule has 5 aromatic rings. The molecule has 37 heavy (non-hydrogen) atoms. The van der Waals surface area contributed by atoms with E-state index >= 15 is 0 Å². The zero-order chi connectivity index (χ0) is 25.6. The van der Waals surface area contributed by atoms with Gasteiger partial charge in [-0.3, -0.25) is 4.79 Å². The minimum absolute atomic E-state index is 0.141. The van der Waals surface area contributed by atoms with Gasteiger partial charge in [0.05, 0.1) is 0 Å². The fourth-order valence-electron chi connectivity index (χ4n) is 3.83. The van der Waals surface area contributed by atoms with Gasteiger partial charge in [-0.15, -0.1) is 0 Å². The number of benzene rings is 5. The highest BCUT2D eigenvalue weighted by Gasteiger charge is 2.07. The molecule has 182 valence electrons. The van der Waals surface area contributed by atoms with Gasteiger partial charge in [-0.2, -0.15) is 0 Å². The SMILES string of the molecule is Cc1cccc(C(=O)Nc2ccc(Oc3ccc(-c4ccc(Oc5ccc(N)cc5)cc4)cc3)cc2)c1. The maximum Gasteiger partial charge on any atom is 0.255 e. The maximum absolute atomic E-state index is 12.4. The number of nitrogen functional groups attached to an aromatic ring is 1. The molecule has 0 unspecified atom stereocenters. The highest BCUT2D eigenvalue weighted by molar-refractivity contribution is 6.04. The van der Waals surface area contributed by atoms with Gasteiger partial charge in [0, 0.05) is 16.9 Å². The van der Waals surface area contributed by atoms with E-state index in [-0.39, 0.29) is 5.91 Å². The fourth-order valence-corrected chi connectivity index (χ4v) is 3.83. The van der Waals surface area contributed by atoms with Crippen LogP contribution in [-0.4, -0.2) is 5.91 Å². The lowest BCUT2D eigenvalue weighted by Crippen LogP contribution is -2.11. The summed E-state index contributed by atoms with van der Waals surface area (Å²) in [7, 11) is 0. The van der Waals surface area contributed by atoms with Crippen molar-refractivity contribution in [2.75, 3.05) is 11.1 Å². The Morgan fingerprint density at radius 1 is 0.622 bits per heavy atom. The van der Waals surface area contributed by atoms with Crippen LogP contribution in [0.5, 0.6) is 23.0 Å². The molecule has 3 N–H and O–H groups in total. The molecule has 0 bridgehead atoms. The van der Waals surface area contributed by atoms with Crippen molar-refractivity contribution < 1.29 is 14.3 Å². The van der Waals surface area contributed by atoms with Crippen molar-refractivity contribution in [3.63, 3.8) is 0 Å². The number of hydrogen-bond donors (Lipinski definition) is 2. The molecule has 0 aromatic heterocycles. The molecule has 5 aromatic carbocycles. The average molecular weight is 487 g/mol. The first-order valence-electron chi connectivity index (χ1n) is 11.9. The topological polar surface area (TPSA) is 73.6 Å². The number of hydrogen-bond acceptors (Lipinski definition) is 4. The van der Waals surface area contributed by atoms with Gasteiger partial charge in [0.25, 0.3) is 5.91 Å². The molecule has 0 fully saturated rings. The fraction of sp³-hybridized carbons (Fsp3) is 0.0312. The van der Waals surface area contributed by atoms with E-state index in [0.29, 0.717) is 22.7 Å². The number of aryl methyl sites for hydroxylation is 1. The number of ether oxygens (including phenoxy) is 2. The summed E-state index contributed by atoms with van der Waals surface area (Å²) in [5.41, 5.74) is 11.0. The maximum atomic E-state index is 12.4. The molecule has 0 saturated heterocycles. The molecule has 0 heterocycles. The third kappa shape index (κ3) is 6.16. The summed E-state index contributed by atoms with van der Waals surface area (Å²) in [5, 5.41) is 2.91. The van der Waals surface area contributed by atoms with E-state index in [2.05, 4.69) is 5.32 Å². The van der Waals surface area contributed by atoms with E-state index in [1.807, 2.05) is 122 Å². The number of carbonyl (C=O) groups excluding carboxylic acids is 1. The molecule has 1 amide bonds. The zero-order valence-corrected chi connectivity index (χ0v) is 20.3. The Kier molecular flexibility index (Phi) is 6.86. The van der Waals surface area contributed by atoms with Crippen LogP contribution in [0.2, 0.25) is 0 Å². The van der Waals surface area contributed by atoms with Crippen molar-refractivity contribution in [2.45, 2.75) is 6.92 Å². The van der Waals surface area contributed by atoms with Crippen LogP contribution in [0.25, 0.3) is 11.1 Å². The van der Waals surface area contributed by atoms with Crippen LogP contribution < -0.4 is 20.5 Å². The number of carbonyl (C=O) groups is 1. The molecule has 0 aliphatic rings. The Hall–Kier alpha value is -5.03. The van der Waals surface area contributed by atoms with Crippen LogP contribution in [0, 0.1) is 6.92 Å². The number of nitrogens with one attached hydrogen (secondary N) is 1. The van der Waals surface area contributed by atoms with Crippen LogP contribution in [-0.2, 0) is 0 Å². The molecular formula is C32H26N2O3. The van der Waals surface area contributed by atoms with Crippen molar-refractivity contribution in [1.29, 1.82) is 0 Å². The lowest BCUT2D eigenvalue weighted by Gasteiger charge is -2.10. The van der Waals surface area contributed by atoms with Gasteiger partial charge in [0.1, 0.15) is 23.0 Å². The zero-order valence-electron chi connectivity index (χ0n) is 20.3. The van der Waals surface area contributed by atoms with E-state index in [0.717, 1.165) is 33.9 Å². The number of nitrogens with two attached hydrogens (primary N) is 1. The molecule has 5 nitrogen and oxygen atoms in total. The summed E-state index contributed by atoms with van der Waals surface area (Å²) in [6, 6.07) is 37.9. The highest BCUT2D eigenvalue weighted by atomic mass is 16.5. The molecule has 0 aliphatic heterocycles. The first-order valence-corrected chi connectivity index (χ1v) is 11.9. The van der Waals surface area contributed by atoms with Crippen molar-refractivity contribution in [3.8, 4) is 34.1 Å². The van der Waals surface area contributed by atoms with Crippen LogP contribution in [0.4, 0.5) is 11.4 Å². The minimum Gasteiger partial charge on any atom is -0.457 e. The number of anilines is 2. The second-order valence-corrected chi connectivity index (χ2v) is 8.67. The summed E-state index contributed by atoms with van der Waals surface area (Å²) in [6.45, 7) is 1.96. The largest absolute Gasteiger partial charge is 0.457 e. The molecule has 0 saturated carbocycles. The molecule has 0 radical (unpaired) electrons. The Labute approximate surface area is 216 Å². The summed E-state index contributed by atoms with van der Waals surface area (Å²) in [5.74, 6) is 2.77. The van der Waals surface area contributed by atoms with Gasteiger partial charge in [-0.05, 0) is 103 Å². The summed E-state index contributed by atoms with van der Waals surface area (Å²) >= 11 is 0. The van der Waals surface area contributed by atoms with Crippen molar-refractivity contribution in [2.24, 2.45) is 0 Å². The normalized spacial score (nSPS) is 10.5. The predicted molar refractivity (Wildman–Crippen MR) is 148 cm³/mol. The van der Waals surface area contributed by atoms with Gasteiger partial charge in [-0.25, -0.2) is 0 Å². The molecule has 5 heteroatoms. The van der Waals surface area contributed by atoms with E-state index in [4.69, 9.17) is 15.2 Å². The van der Waals surface area contributed by atoms with Gasteiger partial charge in [0.2, 0.25) is 0 Å².